The zero-order valence-corrected chi connectivity index (χ0v) is 9.92. The van der Waals surface area contributed by atoms with Gasteiger partial charge in [0.25, 0.3) is 0 Å². The number of nitrogens with two attached hydrogens (primary N) is 1. The number of hydrogen-bond acceptors (Lipinski definition) is 3. The summed E-state index contributed by atoms with van der Waals surface area (Å²) in [6, 6.07) is 0. The predicted molar refractivity (Wildman–Crippen MR) is 59.3 cm³/mol. The molecule has 1 aliphatic heterocycles. The van der Waals surface area contributed by atoms with Crippen LogP contribution in [0.25, 0.3) is 0 Å². The highest BCUT2D eigenvalue weighted by molar-refractivity contribution is 5.82. The molecule has 88 valence electrons. The first-order valence-corrected chi connectivity index (χ1v) is 5.50. The molecule has 3 N–H and O–H groups in total. The quantitative estimate of drug-likeness (QED) is 0.697. The molecule has 0 aromatic rings. The van der Waals surface area contributed by atoms with Crippen LogP contribution < -0.4 is 5.73 Å². The molecule has 0 radical (unpaired) electrons. The maximum atomic E-state index is 12.0. The first kappa shape index (κ1) is 12.5. The van der Waals surface area contributed by atoms with Gasteiger partial charge in [0.15, 0.2) is 0 Å². The van der Waals surface area contributed by atoms with Crippen LogP contribution in [0.2, 0.25) is 0 Å². The third-order valence-corrected chi connectivity index (χ3v) is 3.22. The normalized spacial score (nSPS) is 21.5. The lowest BCUT2D eigenvalue weighted by atomic mass is 9.88. The zero-order valence-electron chi connectivity index (χ0n) is 9.92. The Bertz CT molecular complexity index is 239. The number of hydrogen-bond donors (Lipinski definition) is 2. The van der Waals surface area contributed by atoms with Crippen molar-refractivity contribution in [2.45, 2.75) is 39.2 Å². The van der Waals surface area contributed by atoms with E-state index in [-0.39, 0.29) is 5.91 Å². The number of carbonyl (C=O) groups excluding carboxylic acids is 1. The summed E-state index contributed by atoms with van der Waals surface area (Å²) in [5, 5.41) is 9.77. The second-order valence-electron chi connectivity index (χ2n) is 5.38. The van der Waals surface area contributed by atoms with Crippen molar-refractivity contribution in [3.05, 3.63) is 0 Å². The second kappa shape index (κ2) is 4.10. The minimum absolute atomic E-state index is 0.0977. The van der Waals surface area contributed by atoms with Crippen LogP contribution in [-0.2, 0) is 4.79 Å². The predicted octanol–water partition coefficient (Wildman–Crippen LogP) is 0.345. The average molecular weight is 214 g/mol. The molecular weight excluding hydrogens is 192 g/mol. The molecule has 0 unspecified atom stereocenters. The SMILES string of the molecule is CC1(O)CCN(C(=O)C(C)(C)CN)CC1. The molecule has 1 saturated heterocycles. The van der Waals surface area contributed by atoms with E-state index in [1.54, 1.807) is 0 Å². The van der Waals surface area contributed by atoms with Crippen molar-refractivity contribution in [3.8, 4) is 0 Å². The summed E-state index contributed by atoms with van der Waals surface area (Å²) in [7, 11) is 0. The lowest BCUT2D eigenvalue weighted by Gasteiger charge is -2.39. The van der Waals surface area contributed by atoms with Gasteiger partial charge in [-0.3, -0.25) is 4.79 Å². The summed E-state index contributed by atoms with van der Waals surface area (Å²) in [5.74, 6) is 0.0977. The molecule has 4 nitrogen and oxygen atoms in total. The maximum Gasteiger partial charge on any atom is 0.229 e. The van der Waals surface area contributed by atoms with E-state index >= 15 is 0 Å². The van der Waals surface area contributed by atoms with Crippen LogP contribution in [-0.4, -0.2) is 41.1 Å². The van der Waals surface area contributed by atoms with Crippen LogP contribution in [0, 0.1) is 5.41 Å². The molecule has 1 heterocycles. The van der Waals surface area contributed by atoms with Crippen LogP contribution in [0.1, 0.15) is 33.6 Å². The van der Waals surface area contributed by atoms with Gasteiger partial charge in [-0.1, -0.05) is 0 Å². The third-order valence-electron chi connectivity index (χ3n) is 3.22. The molecule has 0 aromatic carbocycles. The molecule has 0 aromatic heterocycles. The number of nitrogens with zero attached hydrogens (tertiary/aromatic N) is 1. The van der Waals surface area contributed by atoms with Crippen molar-refractivity contribution >= 4 is 5.91 Å². The van der Waals surface area contributed by atoms with Gasteiger partial charge in [0.2, 0.25) is 5.91 Å². The summed E-state index contributed by atoms with van der Waals surface area (Å²) < 4.78 is 0. The fourth-order valence-electron chi connectivity index (χ4n) is 1.71. The standard InChI is InChI=1S/C11H22N2O2/c1-10(2,8-12)9(14)13-6-4-11(3,15)5-7-13/h15H,4-8,12H2,1-3H3. The number of carbonyl (C=O) groups is 1. The van der Waals surface area contributed by atoms with Gasteiger partial charge >= 0.3 is 0 Å². The molecule has 1 amide bonds. The number of aliphatic hydroxyl groups is 1. The van der Waals surface area contributed by atoms with E-state index in [4.69, 9.17) is 5.73 Å². The molecule has 0 aliphatic carbocycles. The van der Waals surface area contributed by atoms with Gasteiger partial charge < -0.3 is 15.7 Å². The monoisotopic (exact) mass is 214 g/mol. The molecule has 0 bridgehead atoms. The topological polar surface area (TPSA) is 66.6 Å². The summed E-state index contributed by atoms with van der Waals surface area (Å²) in [5.41, 5.74) is 4.48. The average Bonchev–Trinajstić information content (AvgIpc) is 2.17. The second-order valence-corrected chi connectivity index (χ2v) is 5.38. The minimum Gasteiger partial charge on any atom is -0.390 e. The molecule has 4 heteroatoms. The molecule has 15 heavy (non-hydrogen) atoms. The van der Waals surface area contributed by atoms with E-state index in [1.165, 1.54) is 0 Å². The van der Waals surface area contributed by atoms with Crippen molar-refractivity contribution in [1.29, 1.82) is 0 Å². The van der Waals surface area contributed by atoms with Gasteiger partial charge in [-0.05, 0) is 33.6 Å². The summed E-state index contributed by atoms with van der Waals surface area (Å²) >= 11 is 0. The zero-order chi connectivity index (χ0) is 11.7. The Labute approximate surface area is 91.4 Å². The number of amides is 1. The molecule has 0 saturated carbocycles. The third kappa shape index (κ3) is 2.92. The van der Waals surface area contributed by atoms with Gasteiger partial charge in [0.1, 0.15) is 0 Å². The van der Waals surface area contributed by atoms with E-state index in [0.717, 1.165) is 0 Å². The fourth-order valence-corrected chi connectivity index (χ4v) is 1.71. The van der Waals surface area contributed by atoms with Gasteiger partial charge in [-0.2, -0.15) is 0 Å². The van der Waals surface area contributed by atoms with Crippen molar-refractivity contribution in [2.75, 3.05) is 19.6 Å². The Morgan fingerprint density at radius 2 is 1.93 bits per heavy atom. The van der Waals surface area contributed by atoms with Crippen LogP contribution in [0.15, 0.2) is 0 Å². The van der Waals surface area contributed by atoms with Gasteiger partial charge in [-0.25, -0.2) is 0 Å². The minimum atomic E-state index is -0.608. The number of rotatable bonds is 2. The molecule has 1 aliphatic rings. The van der Waals surface area contributed by atoms with E-state index in [9.17, 15) is 9.90 Å². The van der Waals surface area contributed by atoms with E-state index in [0.29, 0.717) is 32.5 Å². The van der Waals surface area contributed by atoms with Crippen LogP contribution >= 0.6 is 0 Å². The van der Waals surface area contributed by atoms with Crippen molar-refractivity contribution < 1.29 is 9.90 Å². The van der Waals surface area contributed by atoms with Crippen LogP contribution in [0.5, 0.6) is 0 Å². The van der Waals surface area contributed by atoms with Crippen molar-refractivity contribution in [2.24, 2.45) is 11.1 Å². The van der Waals surface area contributed by atoms with E-state index in [1.807, 2.05) is 25.7 Å². The molecule has 0 spiro atoms. The highest BCUT2D eigenvalue weighted by atomic mass is 16.3. The van der Waals surface area contributed by atoms with Crippen LogP contribution in [0.3, 0.4) is 0 Å². The Hall–Kier alpha value is -0.610. The Kier molecular flexibility index (Phi) is 3.41. The number of likely N-dealkylation sites (tertiary alicyclic amines) is 1. The fraction of sp³-hybridized carbons (Fsp3) is 0.909. The lowest BCUT2D eigenvalue weighted by molar-refractivity contribution is -0.143. The summed E-state index contributed by atoms with van der Waals surface area (Å²) in [6.45, 7) is 7.18. The smallest absolute Gasteiger partial charge is 0.229 e. The van der Waals surface area contributed by atoms with Crippen molar-refractivity contribution in [1.82, 2.24) is 4.90 Å². The molecular formula is C11H22N2O2. The van der Waals surface area contributed by atoms with Crippen LogP contribution in [0.4, 0.5) is 0 Å². The largest absolute Gasteiger partial charge is 0.390 e. The van der Waals surface area contributed by atoms with Gasteiger partial charge in [-0.15, -0.1) is 0 Å². The molecule has 1 fully saturated rings. The Morgan fingerprint density at radius 3 is 2.33 bits per heavy atom. The van der Waals surface area contributed by atoms with Gasteiger partial charge in [0, 0.05) is 19.6 Å². The van der Waals surface area contributed by atoms with Gasteiger partial charge in [0.05, 0.1) is 11.0 Å². The molecule has 1 rings (SSSR count). The first-order valence-electron chi connectivity index (χ1n) is 5.50. The Balaban J connectivity index is 2.58. The van der Waals surface area contributed by atoms with E-state index < -0.39 is 11.0 Å². The number of piperidine rings is 1. The Morgan fingerprint density at radius 1 is 1.47 bits per heavy atom. The maximum absolute atomic E-state index is 12.0. The first-order chi connectivity index (χ1) is 6.78. The highest BCUT2D eigenvalue weighted by Crippen LogP contribution is 2.25. The summed E-state index contributed by atoms with van der Waals surface area (Å²) in [4.78, 5) is 13.8. The molecule has 0 atom stereocenters. The highest BCUT2D eigenvalue weighted by Gasteiger charge is 2.35. The summed E-state index contributed by atoms with van der Waals surface area (Å²) in [6.07, 6.45) is 1.30. The lowest BCUT2D eigenvalue weighted by Crippen LogP contribution is -2.50. The van der Waals surface area contributed by atoms with Crippen molar-refractivity contribution in [3.63, 3.8) is 0 Å². The van der Waals surface area contributed by atoms with E-state index in [2.05, 4.69) is 0 Å².